The molecule has 1 heterocycles. The third kappa shape index (κ3) is 3.62. The van der Waals surface area contributed by atoms with Gasteiger partial charge < -0.3 is 5.32 Å². The second kappa shape index (κ2) is 6.17. The van der Waals surface area contributed by atoms with Gasteiger partial charge in [-0.1, -0.05) is 13.8 Å². The largest absolute Gasteiger partial charge is 0.311 e. The summed E-state index contributed by atoms with van der Waals surface area (Å²) in [5, 5.41) is 3.75. The minimum absolute atomic E-state index is 0.0531. The summed E-state index contributed by atoms with van der Waals surface area (Å²) >= 11 is 0. The van der Waals surface area contributed by atoms with Gasteiger partial charge in [0.05, 0.1) is 5.25 Å². The molecule has 1 aliphatic heterocycles. The molecule has 3 aliphatic rings. The van der Waals surface area contributed by atoms with Gasteiger partial charge in [0.1, 0.15) is 0 Å². The van der Waals surface area contributed by atoms with Gasteiger partial charge in [0.15, 0.2) is 0 Å². The van der Waals surface area contributed by atoms with E-state index in [1.165, 1.54) is 19.3 Å². The molecule has 3 fully saturated rings. The summed E-state index contributed by atoms with van der Waals surface area (Å²) in [6, 6.07) is 1.16. The van der Waals surface area contributed by atoms with Crippen LogP contribution in [0.15, 0.2) is 0 Å². The second-order valence-corrected chi connectivity index (χ2v) is 9.76. The highest BCUT2D eigenvalue weighted by atomic mass is 32.2. The van der Waals surface area contributed by atoms with Gasteiger partial charge in [0.25, 0.3) is 0 Å². The van der Waals surface area contributed by atoms with Crippen molar-refractivity contribution < 1.29 is 8.42 Å². The van der Waals surface area contributed by atoms with E-state index in [0.29, 0.717) is 12.1 Å². The van der Waals surface area contributed by atoms with Gasteiger partial charge >= 0.3 is 0 Å². The van der Waals surface area contributed by atoms with Crippen LogP contribution in [-0.2, 0) is 10.0 Å². The molecule has 21 heavy (non-hydrogen) atoms. The molecule has 0 aromatic carbocycles. The first kappa shape index (κ1) is 15.8. The maximum absolute atomic E-state index is 12.2. The van der Waals surface area contributed by atoms with Crippen molar-refractivity contribution in [3.05, 3.63) is 0 Å². The van der Waals surface area contributed by atoms with Crippen molar-refractivity contribution in [2.75, 3.05) is 13.1 Å². The molecule has 4 nitrogen and oxygen atoms in total. The van der Waals surface area contributed by atoms with Gasteiger partial charge in [-0.15, -0.1) is 0 Å². The molecule has 122 valence electrons. The Morgan fingerprint density at radius 3 is 2.10 bits per heavy atom. The molecule has 1 saturated heterocycles. The number of nitrogens with one attached hydrogen (secondary N) is 1. The lowest BCUT2D eigenvalue weighted by atomic mass is 9.79. The Labute approximate surface area is 129 Å². The summed E-state index contributed by atoms with van der Waals surface area (Å²) in [6.07, 6.45) is 7.59. The van der Waals surface area contributed by atoms with Crippen LogP contribution in [0.2, 0.25) is 0 Å². The topological polar surface area (TPSA) is 49.4 Å². The fourth-order valence-corrected chi connectivity index (χ4v) is 5.76. The molecule has 0 aromatic heterocycles. The first-order valence-electron chi connectivity index (χ1n) is 8.72. The number of rotatable bonds is 4. The molecule has 3 rings (SSSR count). The van der Waals surface area contributed by atoms with Crippen molar-refractivity contribution in [3.63, 3.8) is 0 Å². The van der Waals surface area contributed by atoms with E-state index in [0.717, 1.165) is 50.6 Å². The number of piperidine rings is 1. The minimum Gasteiger partial charge on any atom is -0.311 e. The van der Waals surface area contributed by atoms with Crippen LogP contribution in [0.4, 0.5) is 0 Å². The predicted octanol–water partition coefficient (Wildman–Crippen LogP) is 2.36. The Kier molecular flexibility index (Phi) is 4.63. The van der Waals surface area contributed by atoms with Crippen molar-refractivity contribution in [1.29, 1.82) is 0 Å². The molecule has 0 unspecified atom stereocenters. The highest BCUT2D eigenvalue weighted by Gasteiger charge is 2.41. The molecule has 1 N–H and O–H groups in total. The molecule has 0 spiro atoms. The fraction of sp³-hybridized carbons (Fsp3) is 1.00. The van der Waals surface area contributed by atoms with E-state index >= 15 is 0 Å². The Bertz CT molecular complexity index is 453. The third-order valence-corrected chi connectivity index (χ3v) is 8.23. The quantitative estimate of drug-likeness (QED) is 0.866. The van der Waals surface area contributed by atoms with E-state index in [1.807, 2.05) is 0 Å². The van der Waals surface area contributed by atoms with Crippen LogP contribution in [0.5, 0.6) is 0 Å². The van der Waals surface area contributed by atoms with E-state index in [-0.39, 0.29) is 5.25 Å². The highest BCUT2D eigenvalue weighted by Crippen LogP contribution is 2.33. The molecule has 5 heteroatoms. The molecular formula is C16H30N2O2S. The number of hydrogen-bond donors (Lipinski definition) is 1. The fourth-order valence-electron chi connectivity index (χ4n) is 3.89. The van der Waals surface area contributed by atoms with Gasteiger partial charge in [-0.2, -0.15) is 0 Å². The normalized spacial score (nSPS) is 36.8. The van der Waals surface area contributed by atoms with Gasteiger partial charge in [0.2, 0.25) is 10.0 Å². The summed E-state index contributed by atoms with van der Waals surface area (Å²) in [5.74, 6) is 1.67. The van der Waals surface area contributed by atoms with E-state index in [9.17, 15) is 8.42 Å². The lowest BCUT2D eigenvalue weighted by molar-refractivity contribution is 0.195. The van der Waals surface area contributed by atoms with E-state index in [1.54, 1.807) is 4.31 Å². The molecule has 0 radical (unpaired) electrons. The number of nitrogens with zero attached hydrogens (tertiary/aromatic N) is 1. The summed E-state index contributed by atoms with van der Waals surface area (Å²) in [6.45, 7) is 6.16. The van der Waals surface area contributed by atoms with Gasteiger partial charge in [0, 0.05) is 25.2 Å². The van der Waals surface area contributed by atoms with Crippen LogP contribution in [0, 0.1) is 11.8 Å². The van der Waals surface area contributed by atoms with Crippen molar-refractivity contribution >= 4 is 10.0 Å². The summed E-state index contributed by atoms with van der Waals surface area (Å²) in [7, 11) is -2.96. The SMILES string of the molecule is C[C@@H]1CC[C@@H](NC2CCN(S(=O)(=O)C3CC3)CC2)C[C@H]1C. The Hall–Kier alpha value is -0.130. The predicted molar refractivity (Wildman–Crippen MR) is 85.6 cm³/mol. The van der Waals surface area contributed by atoms with E-state index < -0.39 is 10.0 Å². The maximum Gasteiger partial charge on any atom is 0.216 e. The van der Waals surface area contributed by atoms with Crippen LogP contribution >= 0.6 is 0 Å². The average Bonchev–Trinajstić information content (AvgIpc) is 3.28. The smallest absolute Gasteiger partial charge is 0.216 e. The second-order valence-electron chi connectivity index (χ2n) is 7.55. The molecular weight excluding hydrogens is 284 g/mol. The van der Waals surface area contributed by atoms with Crippen molar-refractivity contribution in [2.24, 2.45) is 11.8 Å². The Morgan fingerprint density at radius 1 is 0.857 bits per heavy atom. The maximum atomic E-state index is 12.2. The lowest BCUT2D eigenvalue weighted by Gasteiger charge is -2.38. The molecule has 0 amide bonds. The summed E-state index contributed by atoms with van der Waals surface area (Å²) < 4.78 is 26.2. The lowest BCUT2D eigenvalue weighted by Crippen LogP contribution is -2.49. The minimum atomic E-state index is -2.96. The van der Waals surface area contributed by atoms with Crippen LogP contribution in [-0.4, -0.2) is 43.1 Å². The molecule has 0 bridgehead atoms. The van der Waals surface area contributed by atoms with Crippen molar-refractivity contribution in [2.45, 2.75) is 76.1 Å². The number of hydrogen-bond acceptors (Lipinski definition) is 3. The van der Waals surface area contributed by atoms with Crippen LogP contribution < -0.4 is 5.32 Å². The van der Waals surface area contributed by atoms with Gasteiger partial charge in [-0.25, -0.2) is 12.7 Å². The molecule has 0 aromatic rings. The summed E-state index contributed by atoms with van der Waals surface area (Å²) in [5.41, 5.74) is 0. The average molecular weight is 314 g/mol. The highest BCUT2D eigenvalue weighted by molar-refractivity contribution is 7.90. The first-order chi connectivity index (χ1) is 9.96. The van der Waals surface area contributed by atoms with Gasteiger partial charge in [-0.3, -0.25) is 0 Å². The third-order valence-electron chi connectivity index (χ3n) is 5.83. The molecule has 2 aliphatic carbocycles. The van der Waals surface area contributed by atoms with E-state index in [2.05, 4.69) is 19.2 Å². The first-order valence-corrected chi connectivity index (χ1v) is 10.2. The zero-order valence-electron chi connectivity index (χ0n) is 13.4. The van der Waals surface area contributed by atoms with Crippen molar-refractivity contribution in [1.82, 2.24) is 9.62 Å². The molecule has 3 atom stereocenters. The monoisotopic (exact) mass is 314 g/mol. The van der Waals surface area contributed by atoms with Gasteiger partial charge in [-0.05, 0) is 56.8 Å². The Balaban J connectivity index is 1.46. The van der Waals surface area contributed by atoms with Crippen LogP contribution in [0.25, 0.3) is 0 Å². The standard InChI is InChI=1S/C16H30N2O2S/c1-12-3-4-15(11-13(12)2)17-14-7-9-18(10-8-14)21(19,20)16-5-6-16/h12-17H,3-11H2,1-2H3/t12-,13-,15-/m1/s1. The Morgan fingerprint density at radius 2 is 1.52 bits per heavy atom. The zero-order valence-corrected chi connectivity index (χ0v) is 14.2. The zero-order chi connectivity index (χ0) is 15.0. The summed E-state index contributed by atoms with van der Waals surface area (Å²) in [4.78, 5) is 0. The van der Waals surface area contributed by atoms with Crippen LogP contribution in [0.3, 0.4) is 0 Å². The van der Waals surface area contributed by atoms with E-state index in [4.69, 9.17) is 0 Å². The number of sulfonamides is 1. The van der Waals surface area contributed by atoms with Crippen LogP contribution in [0.1, 0.15) is 58.8 Å². The van der Waals surface area contributed by atoms with Crippen molar-refractivity contribution in [3.8, 4) is 0 Å². The molecule has 2 saturated carbocycles.